The zero-order valence-corrected chi connectivity index (χ0v) is 18.7. The summed E-state index contributed by atoms with van der Waals surface area (Å²) in [5.74, 6) is 0.267. The molecule has 3 saturated heterocycles. The predicted molar refractivity (Wildman–Crippen MR) is 115 cm³/mol. The molecule has 180 valence electrons. The zero-order valence-electron chi connectivity index (χ0n) is 18.7. The molecule has 5 heterocycles. The molecule has 3 aliphatic rings. The van der Waals surface area contributed by atoms with E-state index < -0.39 is 11.9 Å². The molecule has 33 heavy (non-hydrogen) atoms. The number of hydrogen-bond donors (Lipinski definition) is 2. The molecule has 0 saturated carbocycles. The van der Waals surface area contributed by atoms with Gasteiger partial charge in [-0.15, -0.1) is 0 Å². The molecule has 3 fully saturated rings. The molecule has 0 spiro atoms. The molecule has 0 radical (unpaired) electrons. The first-order chi connectivity index (χ1) is 15.7. The lowest BCUT2D eigenvalue weighted by molar-refractivity contribution is -0.141. The fraction of sp³-hybridized carbons (Fsp3) is 0.682. The van der Waals surface area contributed by atoms with Gasteiger partial charge in [-0.2, -0.15) is 22.8 Å². The number of ether oxygens (including phenoxy) is 1. The van der Waals surface area contributed by atoms with Gasteiger partial charge in [0.25, 0.3) is 0 Å². The number of hydrogen-bond acceptors (Lipinski definition) is 6. The molecular weight excluding hydrogens is 437 g/mol. The van der Waals surface area contributed by atoms with Crippen LogP contribution >= 0.6 is 0 Å². The number of carbonyl (C=O) groups is 1. The number of amides is 1. The second-order valence-electron chi connectivity index (χ2n) is 9.62. The Bertz CT molecular complexity index is 1020. The number of piperidine rings is 1. The van der Waals surface area contributed by atoms with Crippen molar-refractivity contribution in [2.45, 2.75) is 82.3 Å². The van der Waals surface area contributed by atoms with Gasteiger partial charge in [-0.3, -0.25) is 0 Å². The molecule has 1 amide bonds. The van der Waals surface area contributed by atoms with Crippen LogP contribution in [-0.4, -0.2) is 62.9 Å². The fourth-order valence-corrected chi connectivity index (χ4v) is 5.37. The summed E-state index contributed by atoms with van der Waals surface area (Å²) in [4.78, 5) is 18.5. The van der Waals surface area contributed by atoms with E-state index in [1.165, 1.54) is 4.52 Å². The first kappa shape index (κ1) is 22.2. The number of fused-ring (bicyclic) bond motifs is 3. The van der Waals surface area contributed by atoms with Crippen LogP contribution in [0.5, 0.6) is 0 Å². The minimum Gasteiger partial charge on any atom is -0.445 e. The largest absolute Gasteiger partial charge is 0.445 e. The summed E-state index contributed by atoms with van der Waals surface area (Å²) in [6, 6.07) is 0.996. The van der Waals surface area contributed by atoms with Crippen molar-refractivity contribution in [3.63, 3.8) is 0 Å². The van der Waals surface area contributed by atoms with Gasteiger partial charge in [0, 0.05) is 36.3 Å². The predicted octanol–water partition coefficient (Wildman–Crippen LogP) is 3.78. The highest BCUT2D eigenvalue weighted by atomic mass is 19.4. The highest BCUT2D eigenvalue weighted by Gasteiger charge is 2.45. The van der Waals surface area contributed by atoms with Gasteiger partial charge in [0.15, 0.2) is 11.3 Å². The van der Waals surface area contributed by atoms with Crippen LogP contribution < -0.4 is 10.6 Å². The van der Waals surface area contributed by atoms with Crippen molar-refractivity contribution >= 4 is 17.6 Å². The molecule has 2 aromatic heterocycles. The van der Waals surface area contributed by atoms with Gasteiger partial charge in [-0.25, -0.2) is 9.78 Å². The number of rotatable bonds is 4. The van der Waals surface area contributed by atoms with Crippen LogP contribution in [-0.2, 0) is 10.9 Å². The topological polar surface area (TPSA) is 83.8 Å². The Morgan fingerprint density at radius 3 is 2.58 bits per heavy atom. The third-order valence-corrected chi connectivity index (χ3v) is 6.99. The van der Waals surface area contributed by atoms with Gasteiger partial charge >= 0.3 is 12.3 Å². The van der Waals surface area contributed by atoms with Crippen molar-refractivity contribution in [1.82, 2.24) is 24.8 Å². The molecule has 8 nitrogen and oxygen atoms in total. The standard InChI is InChI=1S/C22H29F3N6O2/c1-12(2)17-11-27-31-19(9-18(22(23,24)25)29-20(17)31)28-13-7-14-3-4-15(8-13)30(14)21(32)33-16-5-6-26-10-16/h9,11-16,26,28H,3-8,10H2,1-2H3. The van der Waals surface area contributed by atoms with Crippen LogP contribution in [0.25, 0.3) is 5.65 Å². The highest BCUT2D eigenvalue weighted by molar-refractivity contribution is 5.69. The Morgan fingerprint density at radius 2 is 1.97 bits per heavy atom. The Hall–Kier alpha value is -2.56. The van der Waals surface area contributed by atoms with E-state index in [1.54, 1.807) is 6.20 Å². The minimum atomic E-state index is -4.56. The SMILES string of the molecule is CC(C)c1cnn2c(NC3CC4CCC(C3)N4C(=O)OC3CCNC3)cc(C(F)(F)F)nc12. The summed E-state index contributed by atoms with van der Waals surface area (Å²) in [5.41, 5.74) is -0.0475. The van der Waals surface area contributed by atoms with Crippen molar-refractivity contribution in [3.05, 3.63) is 23.5 Å². The molecule has 2 bridgehead atoms. The van der Waals surface area contributed by atoms with Crippen LogP contribution in [0.15, 0.2) is 12.3 Å². The second kappa shape index (κ2) is 8.34. The number of nitrogens with one attached hydrogen (secondary N) is 2. The van der Waals surface area contributed by atoms with Gasteiger partial charge in [0.2, 0.25) is 0 Å². The lowest BCUT2D eigenvalue weighted by atomic mass is 9.97. The van der Waals surface area contributed by atoms with E-state index >= 15 is 0 Å². The molecule has 3 aliphatic heterocycles. The van der Waals surface area contributed by atoms with Crippen LogP contribution in [0.1, 0.15) is 63.1 Å². The lowest BCUT2D eigenvalue weighted by Gasteiger charge is -2.39. The van der Waals surface area contributed by atoms with Gasteiger partial charge < -0.3 is 20.3 Å². The summed E-state index contributed by atoms with van der Waals surface area (Å²) in [7, 11) is 0. The van der Waals surface area contributed by atoms with Gasteiger partial charge in [-0.1, -0.05) is 13.8 Å². The average Bonchev–Trinajstić information content (AvgIpc) is 3.45. The molecule has 5 rings (SSSR count). The van der Waals surface area contributed by atoms with Crippen LogP contribution in [0.3, 0.4) is 0 Å². The second-order valence-corrected chi connectivity index (χ2v) is 9.62. The normalized spacial score (nSPS) is 27.5. The van der Waals surface area contributed by atoms with Crippen molar-refractivity contribution in [3.8, 4) is 0 Å². The molecular formula is C22H29F3N6O2. The smallest absolute Gasteiger partial charge is 0.433 e. The summed E-state index contributed by atoms with van der Waals surface area (Å²) in [6.45, 7) is 5.34. The summed E-state index contributed by atoms with van der Waals surface area (Å²) in [5, 5.41) is 10.8. The monoisotopic (exact) mass is 466 g/mol. The summed E-state index contributed by atoms with van der Waals surface area (Å²) < 4.78 is 47.9. The molecule has 2 aromatic rings. The maximum Gasteiger partial charge on any atom is 0.433 e. The maximum absolute atomic E-state index is 13.6. The van der Waals surface area contributed by atoms with Crippen LogP contribution in [0.4, 0.5) is 23.8 Å². The first-order valence-corrected chi connectivity index (χ1v) is 11.6. The van der Waals surface area contributed by atoms with E-state index in [2.05, 4.69) is 20.7 Å². The van der Waals surface area contributed by atoms with E-state index in [-0.39, 0.29) is 47.7 Å². The van der Waals surface area contributed by atoms with E-state index in [0.29, 0.717) is 24.9 Å². The van der Waals surface area contributed by atoms with Crippen LogP contribution in [0.2, 0.25) is 0 Å². The van der Waals surface area contributed by atoms with Crippen molar-refractivity contribution < 1.29 is 22.7 Å². The van der Waals surface area contributed by atoms with E-state index in [4.69, 9.17) is 4.74 Å². The van der Waals surface area contributed by atoms with Crippen molar-refractivity contribution in [1.29, 1.82) is 0 Å². The molecule has 3 unspecified atom stereocenters. The maximum atomic E-state index is 13.6. The quantitative estimate of drug-likeness (QED) is 0.714. The number of halogens is 3. The Morgan fingerprint density at radius 1 is 1.24 bits per heavy atom. The molecule has 3 atom stereocenters. The lowest BCUT2D eigenvalue weighted by Crippen LogP contribution is -2.50. The summed E-state index contributed by atoms with van der Waals surface area (Å²) >= 11 is 0. The van der Waals surface area contributed by atoms with E-state index in [9.17, 15) is 18.0 Å². The number of carbonyl (C=O) groups excluding carboxylic acids is 1. The van der Waals surface area contributed by atoms with E-state index in [0.717, 1.165) is 31.9 Å². The number of aromatic nitrogens is 3. The Balaban J connectivity index is 1.36. The fourth-order valence-electron chi connectivity index (χ4n) is 5.37. The van der Waals surface area contributed by atoms with Crippen molar-refractivity contribution in [2.24, 2.45) is 0 Å². The Labute approximate surface area is 189 Å². The molecule has 2 N–H and O–H groups in total. The number of nitrogens with zero attached hydrogens (tertiary/aromatic N) is 4. The van der Waals surface area contributed by atoms with Gasteiger partial charge in [-0.05, 0) is 44.6 Å². The third-order valence-electron chi connectivity index (χ3n) is 6.99. The molecule has 0 aliphatic carbocycles. The summed E-state index contributed by atoms with van der Waals surface area (Å²) in [6.07, 6.45) is 0.537. The van der Waals surface area contributed by atoms with Gasteiger partial charge in [0.05, 0.1) is 6.20 Å². The van der Waals surface area contributed by atoms with Crippen molar-refractivity contribution in [2.75, 3.05) is 18.4 Å². The average molecular weight is 467 g/mol. The third kappa shape index (κ3) is 4.22. The first-order valence-electron chi connectivity index (χ1n) is 11.6. The Kier molecular flexibility index (Phi) is 5.62. The zero-order chi connectivity index (χ0) is 23.3. The minimum absolute atomic E-state index is 0.00787. The molecule has 11 heteroatoms. The highest BCUT2D eigenvalue weighted by Crippen LogP contribution is 2.38. The molecule has 0 aromatic carbocycles. The van der Waals surface area contributed by atoms with Gasteiger partial charge in [0.1, 0.15) is 11.9 Å². The number of alkyl halides is 3. The van der Waals surface area contributed by atoms with E-state index in [1.807, 2.05) is 18.7 Å². The number of anilines is 1. The van der Waals surface area contributed by atoms with Crippen LogP contribution in [0, 0.1) is 0 Å².